The Morgan fingerprint density at radius 2 is 1.97 bits per heavy atom. The summed E-state index contributed by atoms with van der Waals surface area (Å²) in [5, 5.41) is 3.18. The van der Waals surface area contributed by atoms with Crippen molar-refractivity contribution in [2.24, 2.45) is 0 Å². The number of nitrogens with one attached hydrogen (secondary N) is 1. The Balaban J connectivity index is 1.60. The third-order valence-corrected chi connectivity index (χ3v) is 5.22. The van der Waals surface area contributed by atoms with Crippen LogP contribution >= 0.6 is 0 Å². The van der Waals surface area contributed by atoms with E-state index in [1.54, 1.807) is 43.1 Å². The lowest BCUT2D eigenvalue weighted by molar-refractivity contribution is -0.137. The average molecular weight is 442 g/mol. The van der Waals surface area contributed by atoms with Gasteiger partial charge in [-0.15, -0.1) is 0 Å². The molecule has 0 radical (unpaired) electrons. The van der Waals surface area contributed by atoms with E-state index in [2.05, 4.69) is 20.3 Å². The Bertz CT molecular complexity index is 1170. The molecule has 1 aliphatic heterocycles. The highest BCUT2D eigenvalue weighted by molar-refractivity contribution is 5.92. The maximum Gasteiger partial charge on any atom is 0.416 e. The van der Waals surface area contributed by atoms with E-state index >= 15 is 0 Å². The number of nitrogens with two attached hydrogens (primary N) is 1. The summed E-state index contributed by atoms with van der Waals surface area (Å²) >= 11 is 0. The molecule has 166 valence electrons. The number of fused-ring (bicyclic) bond motifs is 1. The van der Waals surface area contributed by atoms with Crippen LogP contribution in [0.4, 0.5) is 24.7 Å². The molecular formula is C22H21F3N6O. The predicted molar refractivity (Wildman–Crippen MR) is 112 cm³/mol. The predicted octanol–water partition coefficient (Wildman–Crippen LogP) is 4.11. The van der Waals surface area contributed by atoms with Crippen molar-refractivity contribution in [1.82, 2.24) is 19.9 Å². The van der Waals surface area contributed by atoms with Crippen LogP contribution in [-0.2, 0) is 19.3 Å². The molecule has 32 heavy (non-hydrogen) atoms. The monoisotopic (exact) mass is 442 g/mol. The van der Waals surface area contributed by atoms with Crippen molar-refractivity contribution in [2.75, 3.05) is 11.1 Å². The Hall–Kier alpha value is -3.69. The maximum absolute atomic E-state index is 13.2. The Kier molecular flexibility index (Phi) is 5.45. The van der Waals surface area contributed by atoms with Gasteiger partial charge in [0.05, 0.1) is 30.4 Å². The molecule has 3 N–H and O–H groups in total. The Labute approximate surface area is 182 Å². The topological polar surface area (TPSA) is 97.0 Å². The molecule has 1 aromatic carbocycles. The molecule has 2 aromatic heterocycles. The van der Waals surface area contributed by atoms with Crippen molar-refractivity contribution in [3.05, 3.63) is 76.5 Å². The van der Waals surface area contributed by atoms with Gasteiger partial charge in [-0.1, -0.05) is 6.07 Å². The molecular weight excluding hydrogens is 421 g/mol. The highest BCUT2D eigenvalue weighted by Gasteiger charge is 2.32. The van der Waals surface area contributed by atoms with Crippen molar-refractivity contribution in [3.8, 4) is 0 Å². The van der Waals surface area contributed by atoms with E-state index in [9.17, 15) is 18.0 Å². The zero-order chi connectivity index (χ0) is 23.0. The number of benzene rings is 1. The number of hydrogen-bond acceptors (Lipinski definition) is 6. The zero-order valence-corrected chi connectivity index (χ0v) is 17.4. The van der Waals surface area contributed by atoms with Gasteiger partial charge in [-0.05, 0) is 49.7 Å². The second-order valence-electron chi connectivity index (χ2n) is 7.67. The smallest absolute Gasteiger partial charge is 0.399 e. The first kappa shape index (κ1) is 21.5. The van der Waals surface area contributed by atoms with Crippen LogP contribution in [0.1, 0.15) is 51.7 Å². The molecule has 0 aliphatic carbocycles. The van der Waals surface area contributed by atoms with Crippen LogP contribution in [0, 0.1) is 6.92 Å². The van der Waals surface area contributed by atoms with Gasteiger partial charge in [0.15, 0.2) is 0 Å². The number of nitrogen functional groups attached to an aromatic ring is 1. The summed E-state index contributed by atoms with van der Waals surface area (Å²) in [7, 11) is 0. The zero-order valence-electron chi connectivity index (χ0n) is 17.4. The largest absolute Gasteiger partial charge is 0.416 e. The fourth-order valence-electron chi connectivity index (χ4n) is 3.67. The van der Waals surface area contributed by atoms with Gasteiger partial charge in [-0.3, -0.25) is 9.78 Å². The molecule has 10 heteroatoms. The number of anilines is 2. The molecule has 0 bridgehead atoms. The summed E-state index contributed by atoms with van der Waals surface area (Å²) in [4.78, 5) is 27.4. The van der Waals surface area contributed by atoms with Gasteiger partial charge < -0.3 is 16.0 Å². The molecule has 0 fully saturated rings. The van der Waals surface area contributed by atoms with E-state index in [0.29, 0.717) is 35.1 Å². The van der Waals surface area contributed by atoms with Crippen molar-refractivity contribution in [3.63, 3.8) is 0 Å². The van der Waals surface area contributed by atoms with Crippen molar-refractivity contribution >= 4 is 17.4 Å². The number of alkyl halides is 3. The fourth-order valence-corrected chi connectivity index (χ4v) is 3.67. The first-order chi connectivity index (χ1) is 15.1. The number of rotatable bonds is 4. The van der Waals surface area contributed by atoms with Crippen LogP contribution in [0.15, 0.2) is 42.6 Å². The maximum atomic E-state index is 13.2. The number of pyridine rings is 1. The van der Waals surface area contributed by atoms with Gasteiger partial charge in [0.1, 0.15) is 17.3 Å². The van der Waals surface area contributed by atoms with Crippen LogP contribution in [0.25, 0.3) is 0 Å². The van der Waals surface area contributed by atoms with E-state index in [-0.39, 0.29) is 18.1 Å². The van der Waals surface area contributed by atoms with Gasteiger partial charge in [-0.2, -0.15) is 13.2 Å². The number of carbonyl (C=O) groups is 1. The fraction of sp³-hybridized carbons (Fsp3) is 0.273. The summed E-state index contributed by atoms with van der Waals surface area (Å²) in [6.07, 6.45) is -2.95. The summed E-state index contributed by atoms with van der Waals surface area (Å²) in [5.74, 6) is 0.743. The third kappa shape index (κ3) is 4.34. The summed E-state index contributed by atoms with van der Waals surface area (Å²) in [5.41, 5.74) is 7.05. The van der Waals surface area contributed by atoms with E-state index in [4.69, 9.17) is 5.73 Å². The standard InChI is InChI=1S/C22H21F3N6O/c1-12(14-7-15(22(23,24)25)9-16(26)8-14)28-20-17-10-31(11-19(17)29-13(2)30-20)21(32)18-5-3-4-6-27-18/h3-9,12H,10-11,26H2,1-2H3,(H,28,29,30)/t12-/m1/s1. The summed E-state index contributed by atoms with van der Waals surface area (Å²) in [6, 6.07) is 8.07. The van der Waals surface area contributed by atoms with E-state index < -0.39 is 17.8 Å². The minimum absolute atomic E-state index is 0.0275. The van der Waals surface area contributed by atoms with E-state index in [1.165, 1.54) is 6.07 Å². The van der Waals surface area contributed by atoms with Gasteiger partial charge in [0, 0.05) is 17.4 Å². The van der Waals surface area contributed by atoms with Gasteiger partial charge in [0.2, 0.25) is 0 Å². The normalized spacial score (nSPS) is 14.2. The minimum atomic E-state index is -4.50. The Morgan fingerprint density at radius 1 is 1.19 bits per heavy atom. The molecule has 0 unspecified atom stereocenters. The molecule has 1 amide bonds. The lowest BCUT2D eigenvalue weighted by atomic mass is 10.0. The molecule has 4 rings (SSSR count). The van der Waals surface area contributed by atoms with E-state index in [0.717, 1.165) is 17.7 Å². The van der Waals surface area contributed by atoms with E-state index in [1.807, 2.05) is 0 Å². The second-order valence-corrected chi connectivity index (χ2v) is 7.67. The van der Waals surface area contributed by atoms with Gasteiger partial charge in [0.25, 0.3) is 5.91 Å². The second kappa shape index (κ2) is 8.10. The molecule has 3 heterocycles. The molecule has 1 aliphatic rings. The molecule has 7 nitrogen and oxygen atoms in total. The van der Waals surface area contributed by atoms with Crippen molar-refractivity contribution in [2.45, 2.75) is 39.2 Å². The number of hydrogen-bond donors (Lipinski definition) is 2. The van der Waals surface area contributed by atoms with Crippen LogP contribution in [0.2, 0.25) is 0 Å². The summed E-state index contributed by atoms with van der Waals surface area (Å²) < 4.78 is 39.6. The molecule has 3 aromatic rings. The molecule has 1 atom stereocenters. The molecule has 0 saturated heterocycles. The quantitative estimate of drug-likeness (QED) is 0.591. The lowest BCUT2D eigenvalue weighted by Gasteiger charge is -2.19. The van der Waals surface area contributed by atoms with Gasteiger partial charge in [-0.25, -0.2) is 9.97 Å². The van der Waals surface area contributed by atoms with Crippen molar-refractivity contribution in [1.29, 1.82) is 0 Å². The van der Waals surface area contributed by atoms with Crippen LogP contribution < -0.4 is 11.1 Å². The number of nitrogens with zero attached hydrogens (tertiary/aromatic N) is 4. The first-order valence-electron chi connectivity index (χ1n) is 9.92. The number of aryl methyl sites for hydroxylation is 1. The van der Waals surface area contributed by atoms with Gasteiger partial charge >= 0.3 is 6.18 Å². The highest BCUT2D eigenvalue weighted by Crippen LogP contribution is 2.34. The number of aromatic nitrogens is 3. The number of carbonyl (C=O) groups excluding carboxylic acids is 1. The van der Waals surface area contributed by atoms with Crippen molar-refractivity contribution < 1.29 is 18.0 Å². The minimum Gasteiger partial charge on any atom is -0.399 e. The third-order valence-electron chi connectivity index (χ3n) is 5.22. The summed E-state index contributed by atoms with van der Waals surface area (Å²) in [6.45, 7) is 4.02. The SMILES string of the molecule is Cc1nc2c(c(N[C@H](C)c3cc(N)cc(C(F)(F)F)c3)n1)CN(C(=O)c1ccccn1)C2. The van der Waals surface area contributed by atoms with Crippen LogP contribution in [-0.4, -0.2) is 25.8 Å². The Morgan fingerprint density at radius 3 is 2.66 bits per heavy atom. The first-order valence-corrected chi connectivity index (χ1v) is 9.92. The lowest BCUT2D eigenvalue weighted by Crippen LogP contribution is -2.26. The number of amides is 1. The number of halogens is 3. The molecule has 0 spiro atoms. The average Bonchev–Trinajstić information content (AvgIpc) is 3.17. The molecule has 0 saturated carbocycles. The van der Waals surface area contributed by atoms with Crippen LogP contribution in [0.3, 0.4) is 0 Å². The highest BCUT2D eigenvalue weighted by atomic mass is 19.4. The van der Waals surface area contributed by atoms with Crippen LogP contribution in [0.5, 0.6) is 0 Å².